The first-order valence-corrected chi connectivity index (χ1v) is 6.81. The predicted molar refractivity (Wildman–Crippen MR) is 68.3 cm³/mol. The molecule has 0 spiro atoms. The number of nitrogens with two attached hydrogens (primary N) is 1. The number of carbonyl (C=O) groups excluding carboxylic acids is 1. The zero-order valence-corrected chi connectivity index (χ0v) is 12.0. The second kappa shape index (κ2) is 6.33. The minimum absolute atomic E-state index is 0.0235. The van der Waals surface area contributed by atoms with Crippen LogP contribution >= 0.6 is 11.8 Å². The highest BCUT2D eigenvalue weighted by Gasteiger charge is 2.38. The second-order valence-corrected chi connectivity index (χ2v) is 5.51. The number of alkyl halides is 3. The minimum atomic E-state index is -4.67. The number of carbonyl (C=O) groups is 1. The molecule has 0 aliphatic heterocycles. The molecule has 1 atom stereocenters. The van der Waals surface area contributed by atoms with Gasteiger partial charge in [0.1, 0.15) is 0 Å². The van der Waals surface area contributed by atoms with Crippen molar-refractivity contribution in [2.24, 2.45) is 5.92 Å². The molecular weight excluding hydrogens is 295 g/mol. The Balaban J connectivity index is 2.59. The minimum Gasteiger partial charge on any atom is -0.353 e. The molecule has 20 heavy (non-hydrogen) atoms. The normalized spacial score (nSPS) is 13.6. The van der Waals surface area contributed by atoms with Gasteiger partial charge in [-0.15, -0.1) is 10.2 Å². The zero-order chi connectivity index (χ0) is 15.5. The number of nitrogens with zero attached hydrogens (tertiary/aromatic N) is 3. The Morgan fingerprint density at radius 1 is 1.40 bits per heavy atom. The van der Waals surface area contributed by atoms with Crippen molar-refractivity contribution in [2.45, 2.75) is 38.1 Å². The Hall–Kier alpha value is -1.45. The molecule has 0 saturated heterocycles. The number of thioether (sulfide) groups is 1. The van der Waals surface area contributed by atoms with Crippen LogP contribution in [-0.2, 0) is 11.0 Å². The van der Waals surface area contributed by atoms with E-state index in [-0.39, 0.29) is 28.8 Å². The van der Waals surface area contributed by atoms with E-state index in [1.54, 1.807) is 0 Å². The molecule has 0 aromatic carbocycles. The third-order valence-electron chi connectivity index (χ3n) is 2.64. The van der Waals surface area contributed by atoms with Crippen LogP contribution in [-0.4, -0.2) is 32.6 Å². The predicted octanol–water partition coefficient (Wildman–Crippen LogP) is 1.26. The molecule has 0 fully saturated rings. The van der Waals surface area contributed by atoms with E-state index in [2.05, 4.69) is 15.5 Å². The summed E-state index contributed by atoms with van der Waals surface area (Å²) in [6.07, 6.45) is -4.67. The van der Waals surface area contributed by atoms with Gasteiger partial charge < -0.3 is 11.2 Å². The lowest BCUT2D eigenvalue weighted by atomic mass is 10.1. The molecule has 1 aromatic heterocycles. The Kier molecular flexibility index (Phi) is 5.26. The van der Waals surface area contributed by atoms with E-state index < -0.39 is 12.0 Å². The van der Waals surface area contributed by atoms with Crippen LogP contribution in [0.1, 0.15) is 26.6 Å². The fourth-order valence-electron chi connectivity index (χ4n) is 1.16. The first-order valence-electron chi connectivity index (χ1n) is 5.82. The van der Waals surface area contributed by atoms with Gasteiger partial charge >= 0.3 is 6.18 Å². The lowest BCUT2D eigenvalue weighted by molar-refractivity contribution is -0.146. The van der Waals surface area contributed by atoms with Crippen molar-refractivity contribution in [2.75, 3.05) is 11.6 Å². The van der Waals surface area contributed by atoms with Gasteiger partial charge in [-0.25, -0.2) is 4.68 Å². The van der Waals surface area contributed by atoms with Gasteiger partial charge in [-0.1, -0.05) is 25.6 Å². The highest BCUT2D eigenvalue weighted by Crippen LogP contribution is 2.28. The maximum atomic E-state index is 12.4. The fraction of sp³-hybridized carbons (Fsp3) is 0.700. The maximum absolute atomic E-state index is 12.4. The SMILES string of the molecule is CC(C)C(C)NC(=O)CSc1nnc(C(F)(F)F)n1N. The van der Waals surface area contributed by atoms with Gasteiger partial charge in [0.2, 0.25) is 11.1 Å². The highest BCUT2D eigenvalue weighted by atomic mass is 32.2. The molecule has 114 valence electrons. The first kappa shape index (κ1) is 16.6. The summed E-state index contributed by atoms with van der Waals surface area (Å²) in [5.74, 6) is 3.83. The van der Waals surface area contributed by atoms with Crippen LogP contribution in [0.2, 0.25) is 0 Å². The summed E-state index contributed by atoms with van der Waals surface area (Å²) in [6.45, 7) is 5.74. The number of hydrogen-bond donors (Lipinski definition) is 2. The molecule has 1 amide bonds. The standard InChI is InChI=1S/C10H16F3N5OS/c1-5(2)6(3)15-7(19)4-20-9-17-16-8(18(9)14)10(11,12)13/h5-6H,4,14H2,1-3H3,(H,15,19). The number of hydrogen-bond acceptors (Lipinski definition) is 5. The van der Waals surface area contributed by atoms with Crippen LogP contribution in [0.5, 0.6) is 0 Å². The first-order chi connectivity index (χ1) is 9.12. The van der Waals surface area contributed by atoms with Crippen molar-refractivity contribution in [1.82, 2.24) is 20.2 Å². The van der Waals surface area contributed by atoms with Crippen LogP contribution in [0.3, 0.4) is 0 Å². The average Bonchev–Trinajstić information content (AvgIpc) is 2.67. The van der Waals surface area contributed by atoms with Crippen molar-refractivity contribution in [3.63, 3.8) is 0 Å². The summed E-state index contributed by atoms with van der Waals surface area (Å²) in [5, 5.41) is 8.85. The number of nitrogens with one attached hydrogen (secondary N) is 1. The van der Waals surface area contributed by atoms with Crippen LogP contribution in [0.25, 0.3) is 0 Å². The topological polar surface area (TPSA) is 85.8 Å². The van der Waals surface area contributed by atoms with E-state index in [1.165, 1.54) is 0 Å². The van der Waals surface area contributed by atoms with Gasteiger partial charge in [0.15, 0.2) is 0 Å². The molecule has 10 heteroatoms. The van der Waals surface area contributed by atoms with Gasteiger partial charge in [0, 0.05) is 6.04 Å². The quantitative estimate of drug-likeness (QED) is 0.631. The van der Waals surface area contributed by atoms with E-state index in [0.29, 0.717) is 4.68 Å². The summed E-state index contributed by atoms with van der Waals surface area (Å²) in [5.41, 5.74) is 0. The monoisotopic (exact) mass is 311 g/mol. The molecule has 6 nitrogen and oxygen atoms in total. The molecule has 3 N–H and O–H groups in total. The summed E-state index contributed by atoms with van der Waals surface area (Å²) < 4.78 is 37.6. The number of amides is 1. The Bertz CT molecular complexity index is 474. The van der Waals surface area contributed by atoms with Crippen LogP contribution in [0, 0.1) is 5.92 Å². The molecule has 0 aliphatic carbocycles. The van der Waals surface area contributed by atoms with Gasteiger partial charge in [0.05, 0.1) is 5.75 Å². The lowest BCUT2D eigenvalue weighted by Gasteiger charge is -2.17. The van der Waals surface area contributed by atoms with E-state index in [4.69, 9.17) is 5.84 Å². The maximum Gasteiger partial charge on any atom is 0.453 e. The molecule has 0 radical (unpaired) electrons. The van der Waals surface area contributed by atoms with Crippen molar-refractivity contribution in [3.8, 4) is 0 Å². The van der Waals surface area contributed by atoms with Gasteiger partial charge in [-0.3, -0.25) is 4.79 Å². The largest absolute Gasteiger partial charge is 0.453 e. The number of aromatic nitrogens is 3. The van der Waals surface area contributed by atoms with E-state index >= 15 is 0 Å². The Morgan fingerprint density at radius 3 is 2.45 bits per heavy atom. The van der Waals surface area contributed by atoms with Crippen LogP contribution in [0.4, 0.5) is 13.2 Å². The molecule has 0 aliphatic rings. The number of halogens is 3. The van der Waals surface area contributed by atoms with E-state index in [0.717, 1.165) is 11.8 Å². The Morgan fingerprint density at radius 2 is 2.00 bits per heavy atom. The Labute approximate surface area is 118 Å². The average molecular weight is 311 g/mol. The smallest absolute Gasteiger partial charge is 0.353 e. The molecule has 0 bridgehead atoms. The summed E-state index contributed by atoms with van der Waals surface area (Å²) >= 11 is 0.798. The zero-order valence-electron chi connectivity index (χ0n) is 11.2. The molecular formula is C10H16F3N5OS. The molecule has 1 heterocycles. The van der Waals surface area contributed by atoms with Gasteiger partial charge in [-0.05, 0) is 12.8 Å². The molecule has 1 unspecified atom stereocenters. The van der Waals surface area contributed by atoms with Crippen molar-refractivity contribution >= 4 is 17.7 Å². The van der Waals surface area contributed by atoms with Crippen LogP contribution < -0.4 is 11.2 Å². The molecule has 0 saturated carbocycles. The third kappa shape index (κ3) is 4.29. The lowest BCUT2D eigenvalue weighted by Crippen LogP contribution is -2.37. The van der Waals surface area contributed by atoms with E-state index in [9.17, 15) is 18.0 Å². The van der Waals surface area contributed by atoms with Gasteiger partial charge in [0.25, 0.3) is 5.82 Å². The summed E-state index contributed by atoms with van der Waals surface area (Å²) in [4.78, 5) is 11.6. The second-order valence-electron chi connectivity index (χ2n) is 4.56. The van der Waals surface area contributed by atoms with Crippen molar-refractivity contribution in [1.29, 1.82) is 0 Å². The summed E-state index contributed by atoms with van der Waals surface area (Å²) in [7, 11) is 0. The van der Waals surface area contributed by atoms with E-state index in [1.807, 2.05) is 20.8 Å². The van der Waals surface area contributed by atoms with Crippen molar-refractivity contribution in [3.05, 3.63) is 5.82 Å². The summed E-state index contributed by atoms with van der Waals surface area (Å²) in [6, 6.07) is -0.0235. The fourth-order valence-corrected chi connectivity index (χ4v) is 1.83. The molecule has 1 aromatic rings. The third-order valence-corrected chi connectivity index (χ3v) is 3.58. The molecule has 1 rings (SSSR count). The van der Waals surface area contributed by atoms with Crippen LogP contribution in [0.15, 0.2) is 5.16 Å². The highest BCUT2D eigenvalue weighted by molar-refractivity contribution is 7.99. The number of rotatable bonds is 5. The van der Waals surface area contributed by atoms with Gasteiger partial charge in [-0.2, -0.15) is 13.2 Å². The number of nitrogen functional groups attached to an aromatic ring is 1. The van der Waals surface area contributed by atoms with Crippen molar-refractivity contribution < 1.29 is 18.0 Å².